The van der Waals surface area contributed by atoms with E-state index in [-0.39, 0.29) is 11.8 Å². The average molecular weight is 354 g/mol. The Labute approximate surface area is 149 Å². The van der Waals surface area contributed by atoms with Crippen LogP contribution in [0, 0.1) is 12.8 Å². The molecule has 0 unspecified atom stereocenters. The second-order valence-electron chi connectivity index (χ2n) is 6.39. The fraction of sp³-hybridized carbons (Fsp3) is 0.412. The lowest BCUT2D eigenvalue weighted by Crippen LogP contribution is -2.40. The fourth-order valence-corrected chi connectivity index (χ4v) is 3.15. The zero-order valence-corrected chi connectivity index (χ0v) is 14.3. The molecule has 0 N–H and O–H groups in total. The lowest BCUT2D eigenvalue weighted by atomic mass is 9.94. The number of carbonyl (C=O) groups excluding carboxylic acids is 1. The van der Waals surface area contributed by atoms with Crippen LogP contribution in [0.25, 0.3) is 11.5 Å². The maximum atomic E-state index is 12.5. The minimum absolute atomic E-state index is 0.0997. The predicted octanol–water partition coefficient (Wildman–Crippen LogP) is 1.92. The summed E-state index contributed by atoms with van der Waals surface area (Å²) in [6.45, 7) is 3.12. The van der Waals surface area contributed by atoms with E-state index in [0.29, 0.717) is 41.8 Å². The minimum Gasteiger partial charge on any atom is -0.361 e. The molecule has 0 bridgehead atoms. The van der Waals surface area contributed by atoms with Gasteiger partial charge in [-0.15, -0.1) is 0 Å². The Hall–Kier alpha value is -3.10. The van der Waals surface area contributed by atoms with E-state index in [2.05, 4.69) is 25.3 Å². The van der Waals surface area contributed by atoms with Crippen molar-refractivity contribution in [2.45, 2.75) is 26.2 Å². The summed E-state index contributed by atoms with van der Waals surface area (Å²) in [6, 6.07) is 1.66. The quantitative estimate of drug-likeness (QED) is 0.698. The van der Waals surface area contributed by atoms with Crippen LogP contribution in [0.3, 0.4) is 0 Å². The first-order chi connectivity index (χ1) is 12.7. The number of nitrogens with zero attached hydrogens (tertiary/aromatic N) is 6. The molecule has 1 aliphatic rings. The van der Waals surface area contributed by atoms with Gasteiger partial charge in [0.25, 0.3) is 5.91 Å². The van der Waals surface area contributed by atoms with E-state index < -0.39 is 0 Å². The van der Waals surface area contributed by atoms with Crippen molar-refractivity contribution >= 4 is 5.91 Å². The summed E-state index contributed by atoms with van der Waals surface area (Å²) in [7, 11) is 0. The molecule has 9 nitrogen and oxygen atoms in total. The molecule has 9 heteroatoms. The lowest BCUT2D eigenvalue weighted by molar-refractivity contribution is 0.0657. The van der Waals surface area contributed by atoms with E-state index in [1.165, 1.54) is 0 Å². The van der Waals surface area contributed by atoms with E-state index in [4.69, 9.17) is 9.05 Å². The van der Waals surface area contributed by atoms with Crippen molar-refractivity contribution in [1.82, 2.24) is 30.2 Å². The van der Waals surface area contributed by atoms with Crippen molar-refractivity contribution in [3.8, 4) is 11.5 Å². The number of likely N-dealkylation sites (tertiary alicyclic amines) is 1. The second kappa shape index (κ2) is 7.03. The molecule has 1 atom stereocenters. The van der Waals surface area contributed by atoms with Gasteiger partial charge in [0.2, 0.25) is 11.7 Å². The molecule has 0 aromatic carbocycles. The molecular formula is C17H18N6O3. The summed E-state index contributed by atoms with van der Waals surface area (Å²) in [4.78, 5) is 26.9. The van der Waals surface area contributed by atoms with E-state index in [1.54, 1.807) is 31.6 Å². The maximum absolute atomic E-state index is 12.5. The van der Waals surface area contributed by atoms with Gasteiger partial charge in [-0.3, -0.25) is 9.78 Å². The standard InChI is InChI=1S/C17H18N6O3/c1-11-7-13(21-25-11)17(24)23-6-2-3-12(10-23)8-15-20-16(22-26-15)14-9-18-4-5-19-14/h4-5,7,9,12H,2-3,6,8,10H2,1H3/t12-/m1/s1. The maximum Gasteiger partial charge on any atom is 0.276 e. The van der Waals surface area contributed by atoms with Gasteiger partial charge in [-0.2, -0.15) is 4.98 Å². The van der Waals surface area contributed by atoms with Gasteiger partial charge in [0, 0.05) is 38.0 Å². The van der Waals surface area contributed by atoms with Gasteiger partial charge >= 0.3 is 0 Å². The normalized spacial score (nSPS) is 17.4. The Morgan fingerprint density at radius 2 is 2.23 bits per heavy atom. The molecule has 1 amide bonds. The van der Waals surface area contributed by atoms with Gasteiger partial charge in [0.15, 0.2) is 5.69 Å². The highest BCUT2D eigenvalue weighted by Crippen LogP contribution is 2.22. The van der Waals surface area contributed by atoms with E-state index in [1.807, 2.05) is 4.90 Å². The smallest absolute Gasteiger partial charge is 0.276 e. The van der Waals surface area contributed by atoms with Gasteiger partial charge in [-0.25, -0.2) is 4.98 Å². The first kappa shape index (κ1) is 16.4. The van der Waals surface area contributed by atoms with Crippen molar-refractivity contribution in [1.29, 1.82) is 0 Å². The van der Waals surface area contributed by atoms with Crippen LogP contribution in [0.4, 0.5) is 0 Å². The average Bonchev–Trinajstić information content (AvgIpc) is 3.31. The first-order valence-corrected chi connectivity index (χ1v) is 8.50. The van der Waals surface area contributed by atoms with Gasteiger partial charge < -0.3 is 13.9 Å². The second-order valence-corrected chi connectivity index (χ2v) is 6.39. The van der Waals surface area contributed by atoms with Crippen LogP contribution >= 0.6 is 0 Å². The molecule has 4 rings (SSSR count). The fourth-order valence-electron chi connectivity index (χ4n) is 3.15. The third-order valence-electron chi connectivity index (χ3n) is 4.38. The van der Waals surface area contributed by atoms with Crippen LogP contribution in [0.5, 0.6) is 0 Å². The van der Waals surface area contributed by atoms with Crippen molar-refractivity contribution < 1.29 is 13.8 Å². The molecule has 0 radical (unpaired) electrons. The summed E-state index contributed by atoms with van der Waals surface area (Å²) in [5.41, 5.74) is 0.926. The Balaban J connectivity index is 1.41. The number of amides is 1. The topological polar surface area (TPSA) is 111 Å². The molecule has 1 aliphatic heterocycles. The Morgan fingerprint density at radius 3 is 3.00 bits per heavy atom. The van der Waals surface area contributed by atoms with Gasteiger partial charge in [0.05, 0.1) is 6.20 Å². The number of rotatable bonds is 4. The highest BCUT2D eigenvalue weighted by atomic mass is 16.5. The number of carbonyl (C=O) groups is 1. The highest BCUT2D eigenvalue weighted by Gasteiger charge is 2.27. The van der Waals surface area contributed by atoms with Crippen LogP contribution in [0.1, 0.15) is 35.0 Å². The number of aryl methyl sites for hydroxylation is 1. The molecule has 26 heavy (non-hydrogen) atoms. The number of hydrogen-bond donors (Lipinski definition) is 0. The van der Waals surface area contributed by atoms with E-state index in [9.17, 15) is 4.79 Å². The Kier molecular flexibility index (Phi) is 4.42. The third-order valence-corrected chi connectivity index (χ3v) is 4.38. The zero-order valence-electron chi connectivity index (χ0n) is 14.3. The third kappa shape index (κ3) is 3.46. The van der Waals surface area contributed by atoms with Crippen molar-refractivity contribution in [2.75, 3.05) is 13.1 Å². The van der Waals surface area contributed by atoms with Crippen LogP contribution in [0.2, 0.25) is 0 Å². The first-order valence-electron chi connectivity index (χ1n) is 8.50. The molecule has 134 valence electrons. The summed E-state index contributed by atoms with van der Waals surface area (Å²) >= 11 is 0. The molecule has 3 aromatic heterocycles. The minimum atomic E-state index is -0.0997. The van der Waals surface area contributed by atoms with Crippen molar-refractivity contribution in [2.24, 2.45) is 5.92 Å². The SMILES string of the molecule is Cc1cc(C(=O)N2CCC[C@H](Cc3nc(-c4cnccn4)no3)C2)no1. The monoisotopic (exact) mass is 354 g/mol. The molecule has 3 aromatic rings. The number of hydrogen-bond acceptors (Lipinski definition) is 8. The summed E-state index contributed by atoms with van der Waals surface area (Å²) < 4.78 is 10.3. The van der Waals surface area contributed by atoms with Crippen LogP contribution < -0.4 is 0 Å². The molecular weight excluding hydrogens is 336 g/mol. The van der Waals surface area contributed by atoms with Gasteiger partial charge in [-0.1, -0.05) is 10.3 Å². The number of piperidine rings is 1. The molecule has 0 saturated carbocycles. The predicted molar refractivity (Wildman–Crippen MR) is 88.9 cm³/mol. The van der Waals surface area contributed by atoms with Gasteiger partial charge in [-0.05, 0) is 25.7 Å². The van der Waals surface area contributed by atoms with Crippen molar-refractivity contribution in [3.05, 3.63) is 42.0 Å². The summed E-state index contributed by atoms with van der Waals surface area (Å²) in [5.74, 6) is 1.76. The zero-order chi connectivity index (χ0) is 17.9. The van der Waals surface area contributed by atoms with E-state index in [0.717, 1.165) is 19.4 Å². The van der Waals surface area contributed by atoms with Crippen molar-refractivity contribution in [3.63, 3.8) is 0 Å². The number of aromatic nitrogens is 5. The van der Waals surface area contributed by atoms with Crippen LogP contribution in [-0.2, 0) is 6.42 Å². The Morgan fingerprint density at radius 1 is 1.31 bits per heavy atom. The molecule has 0 spiro atoms. The summed E-state index contributed by atoms with van der Waals surface area (Å²) in [5, 5.41) is 7.78. The molecule has 1 saturated heterocycles. The molecule has 0 aliphatic carbocycles. The van der Waals surface area contributed by atoms with Crippen LogP contribution in [0.15, 0.2) is 33.7 Å². The molecule has 1 fully saturated rings. The molecule has 4 heterocycles. The highest BCUT2D eigenvalue weighted by molar-refractivity contribution is 5.92. The van der Waals surface area contributed by atoms with Crippen LogP contribution in [-0.4, -0.2) is 49.2 Å². The van der Waals surface area contributed by atoms with E-state index >= 15 is 0 Å². The summed E-state index contributed by atoms with van der Waals surface area (Å²) in [6.07, 6.45) is 7.32. The largest absolute Gasteiger partial charge is 0.361 e. The lowest BCUT2D eigenvalue weighted by Gasteiger charge is -2.31. The Bertz CT molecular complexity index is 891. The van der Waals surface area contributed by atoms with Gasteiger partial charge in [0.1, 0.15) is 11.5 Å².